The molecular formula is C22H27N5O. The van der Waals surface area contributed by atoms with Gasteiger partial charge in [0.25, 0.3) is 0 Å². The number of benzene rings is 1. The summed E-state index contributed by atoms with van der Waals surface area (Å²) in [6, 6.07) is 8.97. The standard InChI is InChI=1S/C22H27N5O/c1-4-17-7-16(10-27-11-22(12-27)13-28-14-22)5-6-19(17)26(3)21-8-20-18(9-23-21)24-15-25(20)2/h5-9,15H,4,10-14H2,1-3H3. The second-order valence-electron chi connectivity index (χ2n) is 8.40. The Balaban J connectivity index is 1.36. The van der Waals surface area contributed by atoms with E-state index in [2.05, 4.69) is 58.0 Å². The predicted molar refractivity (Wildman–Crippen MR) is 111 cm³/mol. The summed E-state index contributed by atoms with van der Waals surface area (Å²) in [5.74, 6) is 0.938. The van der Waals surface area contributed by atoms with Crippen LogP contribution in [0.3, 0.4) is 0 Å². The Labute approximate surface area is 165 Å². The molecule has 2 fully saturated rings. The summed E-state index contributed by atoms with van der Waals surface area (Å²) in [4.78, 5) is 13.7. The monoisotopic (exact) mass is 377 g/mol. The van der Waals surface area contributed by atoms with Crippen molar-refractivity contribution >= 4 is 22.5 Å². The van der Waals surface area contributed by atoms with Crippen LogP contribution in [0, 0.1) is 5.41 Å². The zero-order valence-electron chi connectivity index (χ0n) is 16.9. The molecule has 0 amide bonds. The molecule has 5 rings (SSSR count). The summed E-state index contributed by atoms with van der Waals surface area (Å²) < 4.78 is 7.42. The van der Waals surface area contributed by atoms with Gasteiger partial charge in [0.05, 0.1) is 31.3 Å². The smallest absolute Gasteiger partial charge is 0.134 e. The quantitative estimate of drug-likeness (QED) is 0.684. The van der Waals surface area contributed by atoms with E-state index in [0.717, 1.165) is 43.0 Å². The van der Waals surface area contributed by atoms with Crippen LogP contribution in [0.25, 0.3) is 11.0 Å². The maximum Gasteiger partial charge on any atom is 0.134 e. The first kappa shape index (κ1) is 17.6. The zero-order valence-corrected chi connectivity index (χ0v) is 16.9. The van der Waals surface area contributed by atoms with Crippen molar-refractivity contribution in [2.75, 3.05) is 38.3 Å². The number of imidazole rings is 1. The highest BCUT2D eigenvalue weighted by Crippen LogP contribution is 2.38. The number of aryl methyl sites for hydroxylation is 2. The van der Waals surface area contributed by atoms with Crippen LogP contribution in [-0.4, -0.2) is 52.8 Å². The van der Waals surface area contributed by atoms with Crippen molar-refractivity contribution in [1.29, 1.82) is 0 Å². The number of likely N-dealkylation sites (tertiary alicyclic amines) is 1. The lowest BCUT2D eigenvalue weighted by Crippen LogP contribution is -2.65. The number of ether oxygens (including phenoxy) is 1. The fourth-order valence-electron chi connectivity index (χ4n) is 4.52. The molecule has 1 aromatic carbocycles. The van der Waals surface area contributed by atoms with E-state index >= 15 is 0 Å². The van der Waals surface area contributed by atoms with Crippen molar-refractivity contribution in [1.82, 2.24) is 19.4 Å². The lowest BCUT2D eigenvalue weighted by molar-refractivity contribution is -0.191. The normalized spacial score (nSPS) is 18.2. The minimum Gasteiger partial charge on any atom is -0.380 e. The molecule has 28 heavy (non-hydrogen) atoms. The van der Waals surface area contributed by atoms with E-state index in [1.807, 2.05) is 24.1 Å². The van der Waals surface area contributed by atoms with E-state index in [1.165, 1.54) is 29.9 Å². The second-order valence-corrected chi connectivity index (χ2v) is 8.40. The fourth-order valence-corrected chi connectivity index (χ4v) is 4.52. The molecule has 2 aromatic heterocycles. The Kier molecular flexibility index (Phi) is 4.14. The third-order valence-corrected chi connectivity index (χ3v) is 6.17. The van der Waals surface area contributed by atoms with Gasteiger partial charge in [0.2, 0.25) is 0 Å². The summed E-state index contributed by atoms with van der Waals surface area (Å²) in [5, 5.41) is 0. The lowest BCUT2D eigenvalue weighted by Gasteiger charge is -2.55. The Bertz CT molecular complexity index is 1010. The average Bonchev–Trinajstić information content (AvgIpc) is 3.02. The molecule has 0 unspecified atom stereocenters. The number of hydrogen-bond donors (Lipinski definition) is 0. The Morgan fingerprint density at radius 1 is 1.18 bits per heavy atom. The number of hydrogen-bond acceptors (Lipinski definition) is 5. The third kappa shape index (κ3) is 2.88. The van der Waals surface area contributed by atoms with Crippen molar-refractivity contribution in [2.24, 2.45) is 12.5 Å². The van der Waals surface area contributed by atoms with Gasteiger partial charge in [-0.05, 0) is 23.6 Å². The van der Waals surface area contributed by atoms with E-state index in [9.17, 15) is 0 Å². The van der Waals surface area contributed by atoms with Gasteiger partial charge >= 0.3 is 0 Å². The summed E-state index contributed by atoms with van der Waals surface area (Å²) >= 11 is 0. The Morgan fingerprint density at radius 2 is 2.00 bits per heavy atom. The molecular weight excluding hydrogens is 350 g/mol. The zero-order chi connectivity index (χ0) is 19.3. The van der Waals surface area contributed by atoms with Crippen molar-refractivity contribution in [3.63, 3.8) is 0 Å². The highest BCUT2D eigenvalue weighted by molar-refractivity contribution is 5.79. The molecule has 0 N–H and O–H groups in total. The van der Waals surface area contributed by atoms with Crippen LogP contribution >= 0.6 is 0 Å². The summed E-state index contributed by atoms with van der Waals surface area (Å²) in [7, 11) is 4.11. The predicted octanol–water partition coefficient (Wildman–Crippen LogP) is 3.13. The highest BCUT2D eigenvalue weighted by atomic mass is 16.5. The SMILES string of the molecule is CCc1cc(CN2CC3(COC3)C2)ccc1N(C)c1cc2c(cn1)ncn2C. The number of pyridine rings is 1. The number of rotatable bonds is 5. The number of fused-ring (bicyclic) bond motifs is 1. The molecule has 146 valence electrons. The topological polar surface area (TPSA) is 46.4 Å². The highest BCUT2D eigenvalue weighted by Gasteiger charge is 2.48. The largest absolute Gasteiger partial charge is 0.380 e. The van der Waals surface area contributed by atoms with Gasteiger partial charge in [-0.3, -0.25) is 4.90 Å². The van der Waals surface area contributed by atoms with Gasteiger partial charge in [-0.25, -0.2) is 9.97 Å². The van der Waals surface area contributed by atoms with E-state index in [-0.39, 0.29) is 0 Å². The molecule has 0 radical (unpaired) electrons. The first-order valence-corrected chi connectivity index (χ1v) is 10.00. The van der Waals surface area contributed by atoms with E-state index in [4.69, 9.17) is 4.74 Å². The molecule has 0 aliphatic carbocycles. The molecule has 0 bridgehead atoms. The first-order valence-electron chi connectivity index (χ1n) is 10.00. The molecule has 2 saturated heterocycles. The van der Waals surface area contributed by atoms with Crippen molar-refractivity contribution in [2.45, 2.75) is 19.9 Å². The van der Waals surface area contributed by atoms with Gasteiger partial charge in [0, 0.05) is 50.9 Å². The lowest BCUT2D eigenvalue weighted by atomic mass is 9.78. The van der Waals surface area contributed by atoms with Gasteiger partial charge < -0.3 is 14.2 Å². The van der Waals surface area contributed by atoms with Crippen LogP contribution in [0.15, 0.2) is 36.8 Å². The molecule has 4 heterocycles. The third-order valence-electron chi connectivity index (χ3n) is 6.17. The molecule has 0 saturated carbocycles. The summed E-state index contributed by atoms with van der Waals surface area (Å²) in [6.45, 7) is 7.48. The van der Waals surface area contributed by atoms with Gasteiger partial charge in [-0.2, -0.15) is 0 Å². The van der Waals surface area contributed by atoms with E-state index in [0.29, 0.717) is 5.41 Å². The maximum absolute atomic E-state index is 5.38. The van der Waals surface area contributed by atoms with Crippen LogP contribution in [0.1, 0.15) is 18.1 Å². The molecule has 2 aliphatic rings. The minimum atomic E-state index is 0.476. The fraction of sp³-hybridized carbons (Fsp3) is 0.455. The molecule has 1 spiro atoms. The number of aromatic nitrogens is 3. The van der Waals surface area contributed by atoms with E-state index < -0.39 is 0 Å². The molecule has 0 atom stereocenters. The molecule has 2 aliphatic heterocycles. The Morgan fingerprint density at radius 3 is 2.71 bits per heavy atom. The summed E-state index contributed by atoms with van der Waals surface area (Å²) in [5.41, 5.74) is 6.46. The van der Waals surface area contributed by atoms with Gasteiger partial charge in [0.1, 0.15) is 11.3 Å². The van der Waals surface area contributed by atoms with Gasteiger partial charge in [-0.15, -0.1) is 0 Å². The van der Waals surface area contributed by atoms with Crippen molar-refractivity contribution in [3.05, 3.63) is 47.9 Å². The van der Waals surface area contributed by atoms with E-state index in [1.54, 1.807) is 0 Å². The average molecular weight is 377 g/mol. The number of nitrogens with zero attached hydrogens (tertiary/aromatic N) is 5. The van der Waals surface area contributed by atoms with Crippen LogP contribution in [0.4, 0.5) is 11.5 Å². The molecule has 6 nitrogen and oxygen atoms in total. The van der Waals surface area contributed by atoms with Crippen molar-refractivity contribution < 1.29 is 4.74 Å². The van der Waals surface area contributed by atoms with Crippen LogP contribution in [-0.2, 0) is 24.8 Å². The molecule has 3 aromatic rings. The maximum atomic E-state index is 5.38. The Hall–Kier alpha value is -2.44. The second kappa shape index (κ2) is 6.57. The van der Waals surface area contributed by atoms with Crippen molar-refractivity contribution in [3.8, 4) is 0 Å². The van der Waals surface area contributed by atoms with Gasteiger partial charge in [0.15, 0.2) is 0 Å². The number of anilines is 2. The minimum absolute atomic E-state index is 0.476. The molecule has 6 heteroatoms. The van der Waals surface area contributed by atoms with Crippen LogP contribution < -0.4 is 4.90 Å². The van der Waals surface area contributed by atoms with Crippen LogP contribution in [0.2, 0.25) is 0 Å². The first-order chi connectivity index (χ1) is 13.6. The summed E-state index contributed by atoms with van der Waals surface area (Å²) in [6.07, 6.45) is 4.68. The van der Waals surface area contributed by atoms with Gasteiger partial charge in [-0.1, -0.05) is 19.1 Å². The van der Waals surface area contributed by atoms with Crippen LogP contribution in [0.5, 0.6) is 0 Å².